The average molecular weight is 411 g/mol. The Labute approximate surface area is 182 Å². The monoisotopic (exact) mass is 410 g/mol. The number of allylic oxidation sites excluding steroid dienone is 1. The molecule has 30 heavy (non-hydrogen) atoms. The lowest BCUT2D eigenvalue weighted by molar-refractivity contribution is -0.112. The number of carbonyl (C=O) groups is 2. The van der Waals surface area contributed by atoms with Crippen LogP contribution in [0.4, 0.5) is 0 Å². The summed E-state index contributed by atoms with van der Waals surface area (Å²) in [5, 5.41) is 10.4. The van der Waals surface area contributed by atoms with E-state index in [0.717, 1.165) is 25.2 Å². The molecule has 1 fully saturated rings. The van der Waals surface area contributed by atoms with Gasteiger partial charge >= 0.3 is 0 Å². The van der Waals surface area contributed by atoms with Crippen molar-refractivity contribution in [2.45, 2.75) is 103 Å². The number of benzene rings is 1. The molecule has 1 saturated carbocycles. The highest BCUT2D eigenvalue weighted by molar-refractivity contribution is 6.52. The van der Waals surface area contributed by atoms with Crippen LogP contribution in [0.15, 0.2) is 29.8 Å². The molecule has 0 aliphatic heterocycles. The molecule has 2 aliphatic rings. The third-order valence-corrected chi connectivity index (χ3v) is 6.96. The normalized spacial score (nSPS) is 17.1. The lowest BCUT2D eigenvalue weighted by Crippen LogP contribution is -2.24. The molecule has 0 aromatic heterocycles. The van der Waals surface area contributed by atoms with E-state index in [1.807, 2.05) is 0 Å². The molecule has 0 spiro atoms. The number of rotatable bonds is 13. The lowest BCUT2D eigenvalue weighted by atomic mass is 9.86. The van der Waals surface area contributed by atoms with E-state index in [-0.39, 0.29) is 5.76 Å². The minimum absolute atomic E-state index is 0.00290. The van der Waals surface area contributed by atoms with Gasteiger partial charge in [-0.15, -0.1) is 0 Å². The molecule has 164 valence electrons. The first-order chi connectivity index (χ1) is 14.7. The summed E-state index contributed by atoms with van der Waals surface area (Å²) in [7, 11) is 0. The average Bonchev–Trinajstić information content (AvgIpc) is 3.28. The van der Waals surface area contributed by atoms with Crippen molar-refractivity contribution < 1.29 is 14.7 Å². The predicted octanol–water partition coefficient (Wildman–Crippen LogP) is 7.59. The summed E-state index contributed by atoms with van der Waals surface area (Å²) in [6.45, 7) is 0. The molecular weight excluding hydrogens is 372 g/mol. The summed E-state index contributed by atoms with van der Waals surface area (Å²) in [6, 6.07) is 6.83. The Morgan fingerprint density at radius 1 is 0.700 bits per heavy atom. The summed E-state index contributed by atoms with van der Waals surface area (Å²) < 4.78 is 0. The van der Waals surface area contributed by atoms with Crippen molar-refractivity contribution in [2.75, 3.05) is 0 Å². The molecule has 2 aliphatic carbocycles. The van der Waals surface area contributed by atoms with E-state index in [2.05, 4.69) is 0 Å². The molecule has 1 N–H and O–H groups in total. The van der Waals surface area contributed by atoms with Gasteiger partial charge in [-0.25, -0.2) is 0 Å². The minimum atomic E-state index is -0.529. The van der Waals surface area contributed by atoms with Crippen molar-refractivity contribution >= 4 is 17.3 Å². The van der Waals surface area contributed by atoms with E-state index >= 15 is 0 Å². The molecule has 0 saturated heterocycles. The van der Waals surface area contributed by atoms with Crippen LogP contribution >= 0.6 is 0 Å². The summed E-state index contributed by atoms with van der Waals surface area (Å²) in [5.74, 6) is 0.0309. The zero-order chi connectivity index (χ0) is 21.2. The zero-order valence-electron chi connectivity index (χ0n) is 18.5. The second kappa shape index (κ2) is 12.1. The Hall–Kier alpha value is -1.90. The third kappa shape index (κ3) is 6.30. The van der Waals surface area contributed by atoms with Gasteiger partial charge in [-0.1, -0.05) is 114 Å². The fraction of sp³-hybridized carbons (Fsp3) is 0.630. The summed E-state index contributed by atoms with van der Waals surface area (Å²) >= 11 is 0. The number of hydrogen-bond donors (Lipinski definition) is 1. The first-order valence-electron chi connectivity index (χ1n) is 12.3. The Kier molecular flexibility index (Phi) is 9.17. The van der Waals surface area contributed by atoms with Gasteiger partial charge in [0.1, 0.15) is 5.76 Å². The van der Waals surface area contributed by atoms with Crippen molar-refractivity contribution in [3.05, 3.63) is 41.0 Å². The van der Waals surface area contributed by atoms with Crippen LogP contribution in [-0.2, 0) is 4.79 Å². The van der Waals surface area contributed by atoms with Crippen LogP contribution < -0.4 is 0 Å². The van der Waals surface area contributed by atoms with Gasteiger partial charge < -0.3 is 5.11 Å². The standard InChI is InChI=1S/C27H38O3/c28-25-22-18-13-14-19-23(22)26(29)27(30)24(25)20-10-8-6-4-2-1-3-5-7-9-15-21-16-11-12-17-21/h13-14,18-19,21,28H,1-12,15-17,20H2. The van der Waals surface area contributed by atoms with E-state index in [1.165, 1.54) is 77.0 Å². The fourth-order valence-electron chi connectivity index (χ4n) is 5.10. The number of carbonyl (C=O) groups excluding carboxylic acids is 2. The molecule has 0 unspecified atom stereocenters. The van der Waals surface area contributed by atoms with Gasteiger partial charge in [0, 0.05) is 16.7 Å². The van der Waals surface area contributed by atoms with Gasteiger partial charge in [0.2, 0.25) is 11.6 Å². The molecule has 0 heterocycles. The molecule has 1 aromatic rings. The summed E-state index contributed by atoms with van der Waals surface area (Å²) in [6.07, 6.45) is 20.3. The third-order valence-electron chi connectivity index (χ3n) is 6.96. The lowest BCUT2D eigenvalue weighted by Gasteiger charge is -2.17. The predicted molar refractivity (Wildman–Crippen MR) is 123 cm³/mol. The van der Waals surface area contributed by atoms with E-state index in [4.69, 9.17) is 0 Å². The van der Waals surface area contributed by atoms with Gasteiger partial charge in [0.15, 0.2) is 0 Å². The Bertz CT molecular complexity index is 740. The first-order valence-corrected chi connectivity index (χ1v) is 12.3. The van der Waals surface area contributed by atoms with Gasteiger partial charge in [-0.3, -0.25) is 9.59 Å². The summed E-state index contributed by atoms with van der Waals surface area (Å²) in [4.78, 5) is 24.6. The Balaban J connectivity index is 1.23. The molecule has 0 radical (unpaired) electrons. The molecular formula is C27H38O3. The van der Waals surface area contributed by atoms with E-state index in [9.17, 15) is 14.7 Å². The molecule has 3 nitrogen and oxygen atoms in total. The highest BCUT2D eigenvalue weighted by Crippen LogP contribution is 2.31. The van der Waals surface area contributed by atoms with Crippen molar-refractivity contribution in [3.63, 3.8) is 0 Å². The zero-order valence-corrected chi connectivity index (χ0v) is 18.5. The van der Waals surface area contributed by atoms with Crippen molar-refractivity contribution in [2.24, 2.45) is 5.92 Å². The Morgan fingerprint density at radius 3 is 1.87 bits per heavy atom. The molecule has 0 amide bonds. The molecule has 0 atom stereocenters. The van der Waals surface area contributed by atoms with Gasteiger partial charge in [-0.05, 0) is 18.8 Å². The van der Waals surface area contributed by atoms with Crippen LogP contribution in [0.3, 0.4) is 0 Å². The fourth-order valence-corrected chi connectivity index (χ4v) is 5.10. The number of unbranched alkanes of at least 4 members (excludes halogenated alkanes) is 9. The molecule has 1 aromatic carbocycles. The van der Waals surface area contributed by atoms with Gasteiger partial charge in [-0.2, -0.15) is 0 Å². The smallest absolute Gasteiger partial charge is 0.234 e. The summed E-state index contributed by atoms with van der Waals surface area (Å²) in [5.41, 5.74) is 1.12. The number of fused-ring (bicyclic) bond motifs is 1. The topological polar surface area (TPSA) is 54.4 Å². The van der Waals surface area contributed by atoms with Crippen LogP contribution in [0.1, 0.15) is 119 Å². The molecule has 3 heteroatoms. The minimum Gasteiger partial charge on any atom is -0.507 e. The molecule has 3 rings (SSSR count). The number of Topliss-reactive ketones (excluding diaryl/α,β-unsaturated/α-hetero) is 2. The van der Waals surface area contributed by atoms with Gasteiger partial charge in [0.05, 0.1) is 0 Å². The van der Waals surface area contributed by atoms with Gasteiger partial charge in [0.25, 0.3) is 0 Å². The highest BCUT2D eigenvalue weighted by Gasteiger charge is 2.31. The van der Waals surface area contributed by atoms with Crippen LogP contribution in [0.5, 0.6) is 0 Å². The molecule has 0 bridgehead atoms. The number of ketones is 2. The van der Waals surface area contributed by atoms with Crippen molar-refractivity contribution in [3.8, 4) is 0 Å². The van der Waals surface area contributed by atoms with Crippen LogP contribution in [0.25, 0.3) is 5.76 Å². The van der Waals surface area contributed by atoms with E-state index < -0.39 is 11.6 Å². The van der Waals surface area contributed by atoms with Crippen molar-refractivity contribution in [1.29, 1.82) is 0 Å². The largest absolute Gasteiger partial charge is 0.507 e. The number of hydrogen-bond acceptors (Lipinski definition) is 3. The van der Waals surface area contributed by atoms with E-state index in [0.29, 0.717) is 23.1 Å². The Morgan fingerprint density at radius 2 is 1.23 bits per heavy atom. The maximum Gasteiger partial charge on any atom is 0.234 e. The number of aliphatic hydroxyl groups is 1. The SMILES string of the molecule is O=C1C(=O)c2ccccc2C(O)=C1CCCCCCCCCCCCC1CCCC1. The maximum atomic E-state index is 12.3. The first kappa shape index (κ1) is 22.8. The second-order valence-corrected chi connectivity index (χ2v) is 9.26. The highest BCUT2D eigenvalue weighted by atomic mass is 16.3. The van der Waals surface area contributed by atoms with Crippen molar-refractivity contribution in [1.82, 2.24) is 0 Å². The quantitative estimate of drug-likeness (QED) is 0.269. The second-order valence-electron chi connectivity index (χ2n) is 9.26. The van der Waals surface area contributed by atoms with Crippen LogP contribution in [-0.4, -0.2) is 16.7 Å². The van der Waals surface area contributed by atoms with Crippen LogP contribution in [0.2, 0.25) is 0 Å². The number of aliphatic hydroxyl groups excluding tert-OH is 1. The van der Waals surface area contributed by atoms with E-state index in [1.54, 1.807) is 24.3 Å². The maximum absolute atomic E-state index is 12.3. The van der Waals surface area contributed by atoms with Crippen LogP contribution in [0, 0.1) is 5.92 Å².